The predicted molar refractivity (Wildman–Crippen MR) is 125 cm³/mol. The molecular weight excluding hydrogens is 424 g/mol. The van der Waals surface area contributed by atoms with Crippen molar-refractivity contribution in [3.05, 3.63) is 94.7 Å². The van der Waals surface area contributed by atoms with Gasteiger partial charge < -0.3 is 9.73 Å². The molecule has 2 aromatic heterocycles. The molecule has 158 valence electrons. The van der Waals surface area contributed by atoms with Crippen LogP contribution < -0.4 is 5.32 Å². The summed E-state index contributed by atoms with van der Waals surface area (Å²) in [5.41, 5.74) is 5.86. The van der Waals surface area contributed by atoms with Gasteiger partial charge in [0.25, 0.3) is 5.91 Å². The highest BCUT2D eigenvalue weighted by Crippen LogP contribution is 2.27. The number of hydrogen-bond donors (Lipinski definition) is 1. The summed E-state index contributed by atoms with van der Waals surface area (Å²) in [6.07, 6.45) is 0. The molecule has 0 aliphatic carbocycles. The maximum atomic E-state index is 12.7. The third kappa shape index (κ3) is 3.88. The number of rotatable bonds is 4. The summed E-state index contributed by atoms with van der Waals surface area (Å²) in [6.45, 7) is 3.97. The van der Waals surface area contributed by atoms with E-state index in [0.29, 0.717) is 22.0 Å². The van der Waals surface area contributed by atoms with Crippen molar-refractivity contribution in [2.24, 2.45) is 0 Å². The fraction of sp³-hybridized carbons (Fsp3) is 0.0800. The molecule has 0 atom stereocenters. The number of fused-ring (bicyclic) bond motifs is 1. The molecule has 0 radical (unpaired) electrons. The van der Waals surface area contributed by atoms with Crippen molar-refractivity contribution in [3.8, 4) is 17.0 Å². The molecular formula is C25H19ClN4O2. The standard InChI is InChI=1S/C25H19ClN4O2/c1-15-3-8-19(9-4-15)30-28-21-10-7-18(14-22(21)29-30)27-25(31)24-12-11-23(32-24)17-6-5-16(2)20(26)13-17/h3-14H,1-2H3,(H,27,31). The van der Waals surface area contributed by atoms with Crippen molar-refractivity contribution in [1.29, 1.82) is 0 Å². The second-order valence-corrected chi connectivity index (χ2v) is 8.02. The van der Waals surface area contributed by atoms with Crippen molar-refractivity contribution in [1.82, 2.24) is 15.0 Å². The minimum absolute atomic E-state index is 0.208. The molecule has 2 heterocycles. The van der Waals surface area contributed by atoms with Crippen LogP contribution in [0.2, 0.25) is 5.02 Å². The van der Waals surface area contributed by atoms with Crippen LogP contribution in [0.5, 0.6) is 0 Å². The minimum Gasteiger partial charge on any atom is -0.451 e. The molecule has 0 saturated carbocycles. The van der Waals surface area contributed by atoms with E-state index in [-0.39, 0.29) is 11.7 Å². The molecule has 0 unspecified atom stereocenters. The lowest BCUT2D eigenvalue weighted by Gasteiger charge is -2.03. The SMILES string of the molecule is Cc1ccc(-n2nc3ccc(NC(=O)c4ccc(-c5ccc(C)c(Cl)c5)o4)cc3n2)cc1. The van der Waals surface area contributed by atoms with Gasteiger partial charge in [0.15, 0.2) is 5.76 Å². The number of carbonyl (C=O) groups excluding carboxylic acids is 1. The number of benzene rings is 3. The molecule has 3 aromatic carbocycles. The van der Waals surface area contributed by atoms with Crippen LogP contribution in [0.4, 0.5) is 5.69 Å². The van der Waals surface area contributed by atoms with Gasteiger partial charge in [-0.05, 0) is 67.9 Å². The molecule has 1 amide bonds. The Hall–Kier alpha value is -3.90. The van der Waals surface area contributed by atoms with Gasteiger partial charge in [-0.3, -0.25) is 4.79 Å². The fourth-order valence-electron chi connectivity index (χ4n) is 3.34. The van der Waals surface area contributed by atoms with E-state index in [1.807, 2.05) is 62.4 Å². The Kier molecular flexibility index (Phi) is 4.99. The number of carbonyl (C=O) groups is 1. The summed E-state index contributed by atoms with van der Waals surface area (Å²) in [4.78, 5) is 14.3. The average Bonchev–Trinajstić information content (AvgIpc) is 3.43. The number of aryl methyl sites for hydroxylation is 2. The number of nitrogens with one attached hydrogen (secondary N) is 1. The molecule has 0 fully saturated rings. The number of aromatic nitrogens is 3. The first-order chi connectivity index (χ1) is 15.5. The lowest BCUT2D eigenvalue weighted by atomic mass is 10.1. The Morgan fingerprint density at radius 2 is 1.69 bits per heavy atom. The van der Waals surface area contributed by atoms with Gasteiger partial charge in [-0.25, -0.2) is 0 Å². The minimum atomic E-state index is -0.347. The molecule has 7 heteroatoms. The van der Waals surface area contributed by atoms with Crippen molar-refractivity contribution in [2.45, 2.75) is 13.8 Å². The van der Waals surface area contributed by atoms with Gasteiger partial charge in [-0.2, -0.15) is 4.80 Å². The van der Waals surface area contributed by atoms with E-state index >= 15 is 0 Å². The Bertz CT molecular complexity index is 1450. The van der Waals surface area contributed by atoms with Gasteiger partial charge in [-0.15, -0.1) is 10.2 Å². The van der Waals surface area contributed by atoms with Gasteiger partial charge >= 0.3 is 0 Å². The van der Waals surface area contributed by atoms with Gasteiger partial charge in [0, 0.05) is 16.3 Å². The van der Waals surface area contributed by atoms with Gasteiger partial charge in [-0.1, -0.05) is 41.4 Å². The number of anilines is 1. The first kappa shape index (κ1) is 20.0. The van der Waals surface area contributed by atoms with E-state index in [9.17, 15) is 4.79 Å². The zero-order valence-corrected chi connectivity index (χ0v) is 18.2. The van der Waals surface area contributed by atoms with E-state index in [0.717, 1.165) is 22.3 Å². The van der Waals surface area contributed by atoms with Crippen LogP contribution in [0, 0.1) is 13.8 Å². The quantitative estimate of drug-likeness (QED) is 0.359. The van der Waals surface area contributed by atoms with Crippen LogP contribution in [-0.4, -0.2) is 20.9 Å². The summed E-state index contributed by atoms with van der Waals surface area (Å²) in [7, 11) is 0. The number of halogens is 1. The van der Waals surface area contributed by atoms with Crippen LogP contribution in [-0.2, 0) is 0 Å². The Morgan fingerprint density at radius 1 is 0.906 bits per heavy atom. The smallest absolute Gasteiger partial charge is 0.291 e. The monoisotopic (exact) mass is 442 g/mol. The fourth-order valence-corrected chi connectivity index (χ4v) is 3.52. The highest BCUT2D eigenvalue weighted by molar-refractivity contribution is 6.31. The third-order valence-electron chi connectivity index (χ3n) is 5.19. The number of amides is 1. The number of furan rings is 1. The van der Waals surface area contributed by atoms with Crippen LogP contribution >= 0.6 is 11.6 Å². The van der Waals surface area contributed by atoms with E-state index in [2.05, 4.69) is 15.5 Å². The zero-order valence-electron chi connectivity index (χ0n) is 17.5. The van der Waals surface area contributed by atoms with E-state index in [1.165, 1.54) is 5.56 Å². The largest absolute Gasteiger partial charge is 0.451 e. The van der Waals surface area contributed by atoms with Gasteiger partial charge in [0.05, 0.1) is 5.69 Å². The molecule has 0 aliphatic heterocycles. The van der Waals surface area contributed by atoms with Gasteiger partial charge in [0.2, 0.25) is 0 Å². The molecule has 0 saturated heterocycles. The lowest BCUT2D eigenvalue weighted by Crippen LogP contribution is -2.10. The maximum Gasteiger partial charge on any atom is 0.291 e. The summed E-state index contributed by atoms with van der Waals surface area (Å²) >= 11 is 6.20. The summed E-state index contributed by atoms with van der Waals surface area (Å²) < 4.78 is 5.75. The number of nitrogens with zero attached hydrogens (tertiary/aromatic N) is 3. The average molecular weight is 443 g/mol. The number of hydrogen-bond acceptors (Lipinski definition) is 4. The van der Waals surface area contributed by atoms with Crippen LogP contribution in [0.3, 0.4) is 0 Å². The van der Waals surface area contributed by atoms with Gasteiger partial charge in [0.1, 0.15) is 16.8 Å². The highest BCUT2D eigenvalue weighted by Gasteiger charge is 2.14. The van der Waals surface area contributed by atoms with E-state index in [4.69, 9.17) is 16.0 Å². The summed E-state index contributed by atoms with van der Waals surface area (Å²) in [6, 6.07) is 22.4. The third-order valence-corrected chi connectivity index (χ3v) is 5.60. The van der Waals surface area contributed by atoms with Crippen molar-refractivity contribution >= 4 is 34.2 Å². The van der Waals surface area contributed by atoms with Crippen LogP contribution in [0.15, 0.2) is 77.2 Å². The van der Waals surface area contributed by atoms with Crippen molar-refractivity contribution < 1.29 is 9.21 Å². The second kappa shape index (κ2) is 7.98. The molecule has 0 bridgehead atoms. The summed E-state index contributed by atoms with van der Waals surface area (Å²) in [5.74, 6) is 0.438. The van der Waals surface area contributed by atoms with Crippen molar-refractivity contribution in [2.75, 3.05) is 5.32 Å². The van der Waals surface area contributed by atoms with E-state index < -0.39 is 0 Å². The normalized spacial score (nSPS) is 11.1. The zero-order chi connectivity index (χ0) is 22.2. The highest BCUT2D eigenvalue weighted by atomic mass is 35.5. The molecule has 0 aliphatic rings. The predicted octanol–water partition coefficient (Wildman–Crippen LogP) is 6.20. The Labute approximate surface area is 189 Å². The second-order valence-electron chi connectivity index (χ2n) is 7.61. The molecule has 5 rings (SSSR count). The van der Waals surface area contributed by atoms with Crippen LogP contribution in [0.1, 0.15) is 21.7 Å². The first-order valence-electron chi connectivity index (χ1n) is 10.1. The maximum absolute atomic E-state index is 12.7. The molecule has 0 spiro atoms. The van der Waals surface area contributed by atoms with Crippen LogP contribution in [0.25, 0.3) is 28.0 Å². The topological polar surface area (TPSA) is 73.0 Å². The molecule has 5 aromatic rings. The molecule has 6 nitrogen and oxygen atoms in total. The summed E-state index contributed by atoms with van der Waals surface area (Å²) in [5, 5.41) is 12.5. The van der Waals surface area contributed by atoms with Crippen molar-refractivity contribution in [3.63, 3.8) is 0 Å². The Morgan fingerprint density at radius 3 is 2.47 bits per heavy atom. The van der Waals surface area contributed by atoms with E-state index in [1.54, 1.807) is 29.1 Å². The molecule has 32 heavy (non-hydrogen) atoms. The molecule has 1 N–H and O–H groups in total. The lowest BCUT2D eigenvalue weighted by molar-refractivity contribution is 0.0997. The first-order valence-corrected chi connectivity index (χ1v) is 10.5. The Balaban J connectivity index is 1.36.